The maximum atomic E-state index is 4.19. The van der Waals surface area contributed by atoms with E-state index < -0.39 is 0 Å². The zero-order valence-corrected chi connectivity index (χ0v) is 8.59. The molecule has 0 aliphatic heterocycles. The fourth-order valence-electron chi connectivity index (χ4n) is 1.45. The largest absolute Gasteiger partial charge is 0.264 e. The molecule has 0 amide bonds. The van der Waals surface area contributed by atoms with E-state index >= 15 is 0 Å². The highest BCUT2D eigenvalue weighted by Gasteiger charge is 1.99. The van der Waals surface area contributed by atoms with Crippen molar-refractivity contribution in [3.8, 4) is 11.1 Å². The molecule has 75 valence electrons. The minimum Gasteiger partial charge on any atom is -0.264 e. The molecular weight excluding hydrogens is 186 g/mol. The Bertz CT molecular complexity index is 426. The van der Waals surface area contributed by atoms with E-state index in [1.54, 1.807) is 13.2 Å². The molecule has 0 spiro atoms. The van der Waals surface area contributed by atoms with Crippen LogP contribution in [0.1, 0.15) is 5.56 Å². The third-order valence-electron chi connectivity index (χ3n) is 2.13. The molecule has 2 aromatic heterocycles. The molecule has 0 fully saturated rings. The van der Waals surface area contributed by atoms with Gasteiger partial charge in [0.25, 0.3) is 0 Å². The summed E-state index contributed by atoms with van der Waals surface area (Å²) >= 11 is 0. The standard InChI is InChI=1S/C12H12N3/c1-13-6-10-5-12(9-15-7-10)11-3-2-4-14-8-11/h2-5,7-9H,6H2,1H3. The van der Waals surface area contributed by atoms with Crippen molar-refractivity contribution >= 4 is 0 Å². The van der Waals surface area contributed by atoms with Crippen molar-refractivity contribution < 1.29 is 0 Å². The molecular formula is C12H12N3. The normalized spacial score (nSPS) is 10.2. The molecule has 2 aromatic rings. The lowest BCUT2D eigenvalue weighted by Gasteiger charge is -2.03. The number of pyridine rings is 2. The van der Waals surface area contributed by atoms with Crippen molar-refractivity contribution in [3.63, 3.8) is 0 Å². The van der Waals surface area contributed by atoms with Crippen molar-refractivity contribution in [2.45, 2.75) is 6.54 Å². The molecule has 3 nitrogen and oxygen atoms in total. The van der Waals surface area contributed by atoms with Crippen LogP contribution >= 0.6 is 0 Å². The molecule has 2 heterocycles. The van der Waals surface area contributed by atoms with Crippen LogP contribution in [0, 0.1) is 0 Å². The number of aromatic nitrogens is 2. The highest BCUT2D eigenvalue weighted by Crippen LogP contribution is 2.17. The molecule has 0 aliphatic rings. The van der Waals surface area contributed by atoms with Crippen LogP contribution in [0.4, 0.5) is 0 Å². The fraction of sp³-hybridized carbons (Fsp3) is 0.167. The maximum Gasteiger partial charge on any atom is 0.0396 e. The van der Waals surface area contributed by atoms with E-state index in [4.69, 9.17) is 0 Å². The van der Waals surface area contributed by atoms with Crippen molar-refractivity contribution in [2.24, 2.45) is 0 Å². The van der Waals surface area contributed by atoms with Gasteiger partial charge in [0.1, 0.15) is 0 Å². The van der Waals surface area contributed by atoms with Crippen LogP contribution in [-0.2, 0) is 6.54 Å². The smallest absolute Gasteiger partial charge is 0.0396 e. The van der Waals surface area contributed by atoms with Crippen LogP contribution in [0.2, 0.25) is 0 Å². The van der Waals surface area contributed by atoms with Crippen LogP contribution in [0.25, 0.3) is 11.1 Å². The molecule has 0 unspecified atom stereocenters. The maximum absolute atomic E-state index is 4.19. The highest BCUT2D eigenvalue weighted by molar-refractivity contribution is 5.61. The lowest BCUT2D eigenvalue weighted by molar-refractivity contribution is 0.796. The average molecular weight is 198 g/mol. The molecule has 0 bridgehead atoms. The van der Waals surface area contributed by atoms with E-state index in [-0.39, 0.29) is 0 Å². The molecule has 1 radical (unpaired) electrons. The van der Waals surface area contributed by atoms with Gasteiger partial charge in [-0.3, -0.25) is 9.97 Å². The Morgan fingerprint density at radius 1 is 1.13 bits per heavy atom. The van der Waals surface area contributed by atoms with Gasteiger partial charge in [-0.2, -0.15) is 0 Å². The van der Waals surface area contributed by atoms with Gasteiger partial charge in [0.15, 0.2) is 0 Å². The van der Waals surface area contributed by atoms with E-state index in [9.17, 15) is 0 Å². The molecule has 0 N–H and O–H groups in total. The predicted molar refractivity (Wildman–Crippen MR) is 59.2 cm³/mol. The van der Waals surface area contributed by atoms with Crippen LogP contribution < -0.4 is 5.32 Å². The number of hydrogen-bond donors (Lipinski definition) is 0. The Kier molecular flexibility index (Phi) is 3.05. The molecule has 2 rings (SSSR count). The summed E-state index contributed by atoms with van der Waals surface area (Å²) in [6, 6.07) is 6.04. The SMILES string of the molecule is C[N]Cc1cncc(-c2cccnc2)c1. The first-order valence-electron chi connectivity index (χ1n) is 4.80. The second-order valence-electron chi connectivity index (χ2n) is 3.30. The third kappa shape index (κ3) is 2.39. The summed E-state index contributed by atoms with van der Waals surface area (Å²) in [7, 11) is 1.80. The van der Waals surface area contributed by atoms with E-state index in [0.717, 1.165) is 16.7 Å². The zero-order chi connectivity index (χ0) is 10.5. The summed E-state index contributed by atoms with van der Waals surface area (Å²) in [5, 5.41) is 4.09. The lowest BCUT2D eigenvalue weighted by Crippen LogP contribution is -1.97. The molecule has 3 heteroatoms. The van der Waals surface area contributed by atoms with Crippen LogP contribution in [-0.4, -0.2) is 17.0 Å². The molecule has 15 heavy (non-hydrogen) atoms. The van der Waals surface area contributed by atoms with Gasteiger partial charge in [-0.15, -0.1) is 0 Å². The van der Waals surface area contributed by atoms with Crippen molar-refractivity contribution in [2.75, 3.05) is 7.05 Å². The fourth-order valence-corrected chi connectivity index (χ4v) is 1.45. The van der Waals surface area contributed by atoms with Crippen molar-refractivity contribution in [3.05, 3.63) is 48.5 Å². The van der Waals surface area contributed by atoms with Gasteiger partial charge in [-0.1, -0.05) is 6.07 Å². The van der Waals surface area contributed by atoms with Crippen molar-refractivity contribution in [1.29, 1.82) is 0 Å². The summed E-state index contributed by atoms with van der Waals surface area (Å²) in [5.41, 5.74) is 3.30. The Morgan fingerprint density at radius 3 is 2.73 bits per heavy atom. The minimum absolute atomic E-state index is 0.709. The second-order valence-corrected chi connectivity index (χ2v) is 3.30. The minimum atomic E-state index is 0.709. The van der Waals surface area contributed by atoms with Gasteiger partial charge >= 0.3 is 0 Å². The first-order chi connectivity index (χ1) is 7.40. The van der Waals surface area contributed by atoms with Gasteiger partial charge in [0.2, 0.25) is 0 Å². The summed E-state index contributed by atoms with van der Waals surface area (Å²) in [6.07, 6.45) is 7.29. The summed E-state index contributed by atoms with van der Waals surface area (Å²) in [5.74, 6) is 0. The predicted octanol–water partition coefficient (Wildman–Crippen LogP) is 1.88. The zero-order valence-electron chi connectivity index (χ0n) is 8.59. The number of hydrogen-bond acceptors (Lipinski definition) is 2. The molecule has 0 aliphatic carbocycles. The lowest BCUT2D eigenvalue weighted by atomic mass is 10.1. The number of rotatable bonds is 3. The summed E-state index contributed by atoms with van der Waals surface area (Å²) < 4.78 is 0. The first kappa shape index (κ1) is 9.80. The molecule has 0 saturated heterocycles. The topological polar surface area (TPSA) is 39.9 Å². The quantitative estimate of drug-likeness (QED) is 0.755. The Hall–Kier alpha value is -1.74. The Balaban J connectivity index is 2.33. The van der Waals surface area contributed by atoms with E-state index in [0.29, 0.717) is 6.54 Å². The van der Waals surface area contributed by atoms with Crippen LogP contribution in [0.5, 0.6) is 0 Å². The second kappa shape index (κ2) is 4.66. The molecule has 0 aromatic carbocycles. The van der Waals surface area contributed by atoms with E-state index in [1.165, 1.54) is 0 Å². The average Bonchev–Trinajstić information content (AvgIpc) is 2.31. The van der Waals surface area contributed by atoms with Crippen LogP contribution in [0.3, 0.4) is 0 Å². The summed E-state index contributed by atoms with van der Waals surface area (Å²) in [6.45, 7) is 0.709. The van der Waals surface area contributed by atoms with Gasteiger partial charge in [-0.25, -0.2) is 5.32 Å². The first-order valence-corrected chi connectivity index (χ1v) is 4.80. The van der Waals surface area contributed by atoms with Gasteiger partial charge in [-0.05, 0) is 17.7 Å². The van der Waals surface area contributed by atoms with E-state index in [1.807, 2.05) is 30.7 Å². The Morgan fingerprint density at radius 2 is 2.00 bits per heavy atom. The summed E-state index contributed by atoms with van der Waals surface area (Å²) in [4.78, 5) is 8.28. The highest BCUT2D eigenvalue weighted by atomic mass is 14.8. The molecule has 0 atom stereocenters. The molecule has 0 saturated carbocycles. The van der Waals surface area contributed by atoms with Crippen LogP contribution in [0.15, 0.2) is 43.0 Å². The van der Waals surface area contributed by atoms with Gasteiger partial charge in [0, 0.05) is 49.5 Å². The Labute approximate surface area is 89.2 Å². The third-order valence-corrected chi connectivity index (χ3v) is 2.13. The van der Waals surface area contributed by atoms with Gasteiger partial charge < -0.3 is 0 Å². The van der Waals surface area contributed by atoms with Crippen molar-refractivity contribution in [1.82, 2.24) is 15.3 Å². The monoisotopic (exact) mass is 198 g/mol. The number of nitrogens with zero attached hydrogens (tertiary/aromatic N) is 3. The van der Waals surface area contributed by atoms with E-state index in [2.05, 4.69) is 21.4 Å². The van der Waals surface area contributed by atoms with Gasteiger partial charge in [0.05, 0.1) is 0 Å².